The summed E-state index contributed by atoms with van der Waals surface area (Å²) in [5, 5.41) is 3.09. The fourth-order valence-electron chi connectivity index (χ4n) is 3.78. The summed E-state index contributed by atoms with van der Waals surface area (Å²) in [6.45, 7) is 4.26. The lowest BCUT2D eigenvalue weighted by Gasteiger charge is -2.36. The number of rotatable bonds is 5. The van der Waals surface area contributed by atoms with Gasteiger partial charge in [0.15, 0.2) is 0 Å². The molecule has 5 heteroatoms. The fourth-order valence-corrected chi connectivity index (χ4v) is 4.05. The number of fused-ring (bicyclic) bond motifs is 1. The van der Waals surface area contributed by atoms with Crippen LogP contribution in [0.15, 0.2) is 53.0 Å². The van der Waals surface area contributed by atoms with Crippen molar-refractivity contribution in [2.24, 2.45) is 0 Å². The summed E-state index contributed by atoms with van der Waals surface area (Å²) < 4.78 is 1.04. The highest BCUT2D eigenvalue weighted by Crippen LogP contribution is 2.32. The summed E-state index contributed by atoms with van der Waals surface area (Å²) in [6.07, 6.45) is 1.91. The normalized spacial score (nSPS) is 17.1. The van der Waals surface area contributed by atoms with Crippen molar-refractivity contribution < 1.29 is 9.59 Å². The van der Waals surface area contributed by atoms with Crippen LogP contribution in [0.25, 0.3) is 0 Å². The van der Waals surface area contributed by atoms with E-state index in [4.69, 9.17) is 0 Å². The minimum absolute atomic E-state index is 0.0187. The molecule has 2 atom stereocenters. The van der Waals surface area contributed by atoms with E-state index in [-0.39, 0.29) is 23.9 Å². The molecule has 0 saturated carbocycles. The van der Waals surface area contributed by atoms with Gasteiger partial charge in [-0.3, -0.25) is 9.59 Å². The van der Waals surface area contributed by atoms with Gasteiger partial charge >= 0.3 is 0 Å². The Labute approximate surface area is 169 Å². The zero-order valence-corrected chi connectivity index (χ0v) is 17.3. The van der Waals surface area contributed by atoms with E-state index in [1.807, 2.05) is 42.2 Å². The highest BCUT2D eigenvalue weighted by molar-refractivity contribution is 9.10. The summed E-state index contributed by atoms with van der Waals surface area (Å²) in [6, 6.07) is 16.1. The smallest absolute Gasteiger partial charge is 0.222 e. The maximum Gasteiger partial charge on any atom is 0.222 e. The first-order chi connectivity index (χ1) is 12.9. The van der Waals surface area contributed by atoms with Crippen LogP contribution in [0.1, 0.15) is 43.0 Å². The van der Waals surface area contributed by atoms with Crippen LogP contribution < -0.4 is 5.32 Å². The maximum atomic E-state index is 12.7. The molecule has 1 heterocycles. The number of hydrogen-bond acceptors (Lipinski definition) is 2. The van der Waals surface area contributed by atoms with Crippen molar-refractivity contribution in [2.45, 2.75) is 45.2 Å². The van der Waals surface area contributed by atoms with Crippen molar-refractivity contribution >= 4 is 27.7 Å². The van der Waals surface area contributed by atoms with E-state index >= 15 is 0 Å². The van der Waals surface area contributed by atoms with Crippen molar-refractivity contribution in [1.82, 2.24) is 10.2 Å². The van der Waals surface area contributed by atoms with Crippen molar-refractivity contribution in [3.05, 3.63) is 69.7 Å². The lowest BCUT2D eigenvalue weighted by molar-refractivity contribution is -0.133. The molecule has 4 nitrogen and oxygen atoms in total. The first kappa shape index (κ1) is 19.6. The summed E-state index contributed by atoms with van der Waals surface area (Å²) in [5.74, 6) is -0.00206. The van der Waals surface area contributed by atoms with Gasteiger partial charge in [-0.1, -0.05) is 52.3 Å². The van der Waals surface area contributed by atoms with Crippen LogP contribution in [0.4, 0.5) is 0 Å². The molecule has 1 aliphatic heterocycles. The SMILES string of the molecule is CC(=O)N1CCc2ccccc2C1CC(=O)NC(C)Cc1ccc(Br)cc1. The molecule has 0 aromatic heterocycles. The number of halogens is 1. The van der Waals surface area contributed by atoms with Crippen LogP contribution in [0.2, 0.25) is 0 Å². The molecule has 2 aromatic carbocycles. The van der Waals surface area contributed by atoms with E-state index < -0.39 is 0 Å². The largest absolute Gasteiger partial charge is 0.353 e. The number of amides is 2. The lowest BCUT2D eigenvalue weighted by atomic mass is 9.90. The second kappa shape index (κ2) is 8.70. The van der Waals surface area contributed by atoms with Gasteiger partial charge in [-0.25, -0.2) is 0 Å². The van der Waals surface area contributed by atoms with Crippen LogP contribution in [0, 0.1) is 0 Å². The van der Waals surface area contributed by atoms with Gasteiger partial charge < -0.3 is 10.2 Å². The maximum absolute atomic E-state index is 12.7. The predicted molar refractivity (Wildman–Crippen MR) is 110 cm³/mol. The van der Waals surface area contributed by atoms with Crippen LogP contribution in [0.3, 0.4) is 0 Å². The number of carbonyl (C=O) groups excluding carboxylic acids is 2. The van der Waals surface area contributed by atoms with Crippen molar-refractivity contribution in [1.29, 1.82) is 0 Å². The average molecular weight is 429 g/mol. The molecule has 0 radical (unpaired) electrons. The Kier molecular flexibility index (Phi) is 6.32. The van der Waals surface area contributed by atoms with E-state index in [1.165, 1.54) is 11.1 Å². The molecule has 2 unspecified atom stereocenters. The van der Waals surface area contributed by atoms with Crippen LogP contribution >= 0.6 is 15.9 Å². The van der Waals surface area contributed by atoms with Gasteiger partial charge in [-0.05, 0) is 48.6 Å². The number of nitrogens with one attached hydrogen (secondary N) is 1. The second-order valence-corrected chi connectivity index (χ2v) is 8.10. The molecule has 1 N–H and O–H groups in total. The number of carbonyl (C=O) groups is 2. The van der Waals surface area contributed by atoms with Gasteiger partial charge in [-0.15, -0.1) is 0 Å². The van der Waals surface area contributed by atoms with Gasteiger partial charge in [-0.2, -0.15) is 0 Å². The molecular formula is C22H25BrN2O2. The third kappa shape index (κ3) is 4.98. The molecular weight excluding hydrogens is 404 g/mol. The molecule has 0 bridgehead atoms. The number of hydrogen-bond donors (Lipinski definition) is 1. The third-order valence-corrected chi connectivity index (χ3v) is 5.59. The lowest BCUT2D eigenvalue weighted by Crippen LogP contribution is -2.42. The van der Waals surface area contributed by atoms with Gasteiger partial charge in [0.2, 0.25) is 11.8 Å². The van der Waals surface area contributed by atoms with Gasteiger partial charge in [0.25, 0.3) is 0 Å². The topological polar surface area (TPSA) is 49.4 Å². The number of benzene rings is 2. The summed E-state index contributed by atoms with van der Waals surface area (Å²) in [5.41, 5.74) is 3.50. The zero-order chi connectivity index (χ0) is 19.4. The molecule has 2 amide bonds. The third-order valence-electron chi connectivity index (χ3n) is 5.06. The van der Waals surface area contributed by atoms with Crippen molar-refractivity contribution in [3.8, 4) is 0 Å². The number of nitrogens with zero attached hydrogens (tertiary/aromatic N) is 1. The van der Waals surface area contributed by atoms with Crippen LogP contribution in [-0.2, 0) is 22.4 Å². The van der Waals surface area contributed by atoms with Crippen LogP contribution in [-0.4, -0.2) is 29.3 Å². The Morgan fingerprint density at radius 2 is 1.89 bits per heavy atom. The van der Waals surface area contributed by atoms with E-state index in [0.717, 1.165) is 22.9 Å². The molecule has 3 rings (SSSR count). The average Bonchev–Trinajstić information content (AvgIpc) is 2.63. The van der Waals surface area contributed by atoms with E-state index in [9.17, 15) is 9.59 Å². The minimum atomic E-state index is -0.188. The van der Waals surface area contributed by atoms with Gasteiger partial charge in [0, 0.05) is 24.0 Å². The van der Waals surface area contributed by atoms with E-state index in [0.29, 0.717) is 13.0 Å². The molecule has 0 fully saturated rings. The molecule has 0 spiro atoms. The molecule has 142 valence electrons. The fraction of sp³-hybridized carbons (Fsp3) is 0.364. The Morgan fingerprint density at radius 1 is 1.19 bits per heavy atom. The zero-order valence-electron chi connectivity index (χ0n) is 15.7. The summed E-state index contributed by atoms with van der Waals surface area (Å²) in [4.78, 5) is 26.6. The van der Waals surface area contributed by atoms with Gasteiger partial charge in [0.1, 0.15) is 0 Å². The second-order valence-electron chi connectivity index (χ2n) is 7.18. The summed E-state index contributed by atoms with van der Waals surface area (Å²) in [7, 11) is 0. The first-order valence-corrected chi connectivity index (χ1v) is 10.1. The Morgan fingerprint density at radius 3 is 2.59 bits per heavy atom. The quantitative estimate of drug-likeness (QED) is 0.780. The Hall–Kier alpha value is -2.14. The Bertz CT molecular complexity index is 819. The highest BCUT2D eigenvalue weighted by atomic mass is 79.9. The molecule has 2 aromatic rings. The van der Waals surface area contributed by atoms with Gasteiger partial charge in [0.05, 0.1) is 12.5 Å². The highest BCUT2D eigenvalue weighted by Gasteiger charge is 2.30. The monoisotopic (exact) mass is 428 g/mol. The van der Waals surface area contributed by atoms with E-state index in [1.54, 1.807) is 6.92 Å². The molecule has 0 aliphatic carbocycles. The predicted octanol–water partition coefficient (Wildman–Crippen LogP) is 4.03. The molecule has 1 aliphatic rings. The summed E-state index contributed by atoms with van der Waals surface area (Å²) >= 11 is 3.44. The molecule has 27 heavy (non-hydrogen) atoms. The van der Waals surface area contributed by atoms with Crippen molar-refractivity contribution in [2.75, 3.05) is 6.54 Å². The molecule has 0 saturated heterocycles. The minimum Gasteiger partial charge on any atom is -0.353 e. The van der Waals surface area contributed by atoms with Crippen LogP contribution in [0.5, 0.6) is 0 Å². The van der Waals surface area contributed by atoms with E-state index in [2.05, 4.69) is 39.4 Å². The van der Waals surface area contributed by atoms with Crippen molar-refractivity contribution in [3.63, 3.8) is 0 Å². The standard InChI is InChI=1S/C22H25BrN2O2/c1-15(13-17-7-9-19(23)10-8-17)24-22(27)14-21-20-6-4-3-5-18(20)11-12-25(21)16(2)26/h3-10,15,21H,11-14H2,1-2H3,(H,24,27). The Balaban J connectivity index is 1.66. The first-order valence-electron chi connectivity index (χ1n) is 9.33.